The van der Waals surface area contributed by atoms with Crippen LogP contribution in [0, 0.1) is 0 Å². The van der Waals surface area contributed by atoms with Crippen LogP contribution in [0.1, 0.15) is 26.7 Å². The van der Waals surface area contributed by atoms with Crippen LogP contribution in [-0.2, 0) is 4.74 Å². The van der Waals surface area contributed by atoms with Crippen LogP contribution in [0.4, 0.5) is 4.39 Å². The summed E-state index contributed by atoms with van der Waals surface area (Å²) in [4.78, 5) is 0. The lowest BCUT2D eigenvalue weighted by molar-refractivity contribution is 0.0197. The van der Waals surface area contributed by atoms with Gasteiger partial charge in [-0.05, 0) is 13.3 Å². The van der Waals surface area contributed by atoms with E-state index < -0.39 is 5.67 Å². The van der Waals surface area contributed by atoms with Crippen molar-refractivity contribution in [2.24, 2.45) is 5.73 Å². The van der Waals surface area contributed by atoms with Crippen molar-refractivity contribution in [3.05, 3.63) is 0 Å². The highest BCUT2D eigenvalue weighted by Crippen LogP contribution is 2.16. The highest BCUT2D eigenvalue weighted by molar-refractivity contribution is 4.78. The van der Waals surface area contributed by atoms with E-state index in [0.29, 0.717) is 13.0 Å². The fraction of sp³-hybridized carbons (Fsp3) is 1.00. The summed E-state index contributed by atoms with van der Waals surface area (Å²) in [6, 6.07) is 0. The Morgan fingerprint density at radius 3 is 2.45 bits per heavy atom. The molecule has 0 saturated carbocycles. The Balaban J connectivity index is 3.68. The Hall–Kier alpha value is -0.150. The van der Waals surface area contributed by atoms with Crippen molar-refractivity contribution < 1.29 is 9.13 Å². The average molecular weight is 163 g/mol. The Bertz CT molecular complexity index is 100. The molecule has 0 amide bonds. The predicted molar refractivity (Wildman–Crippen MR) is 44.3 cm³/mol. The van der Waals surface area contributed by atoms with Crippen LogP contribution in [0.15, 0.2) is 0 Å². The van der Waals surface area contributed by atoms with E-state index in [9.17, 15) is 4.39 Å². The molecule has 0 aliphatic rings. The minimum absolute atomic E-state index is 0.0564. The third-order valence-corrected chi connectivity index (χ3v) is 1.63. The van der Waals surface area contributed by atoms with Crippen LogP contribution in [-0.4, -0.2) is 25.4 Å². The predicted octanol–water partition coefficient (Wildman–Crippen LogP) is 1.49. The molecule has 0 aliphatic carbocycles. The molecule has 11 heavy (non-hydrogen) atoms. The first-order valence-electron chi connectivity index (χ1n) is 4.15. The van der Waals surface area contributed by atoms with Crippen LogP contribution in [0.2, 0.25) is 0 Å². The van der Waals surface area contributed by atoms with Gasteiger partial charge < -0.3 is 10.5 Å². The molecule has 0 aromatic carbocycles. The SMILES string of the molecule is CCCC(F)(CN)COCC. The number of ether oxygens (including phenoxy) is 1. The number of hydrogen-bond donors (Lipinski definition) is 1. The molecule has 0 heterocycles. The monoisotopic (exact) mass is 163 g/mol. The van der Waals surface area contributed by atoms with E-state index >= 15 is 0 Å². The van der Waals surface area contributed by atoms with E-state index in [1.54, 1.807) is 0 Å². The number of rotatable bonds is 6. The van der Waals surface area contributed by atoms with Gasteiger partial charge in [-0.15, -0.1) is 0 Å². The van der Waals surface area contributed by atoms with Gasteiger partial charge in [-0.25, -0.2) is 4.39 Å². The maximum Gasteiger partial charge on any atom is 0.146 e. The van der Waals surface area contributed by atoms with Crippen molar-refractivity contribution in [1.82, 2.24) is 0 Å². The molecule has 0 rings (SSSR count). The largest absolute Gasteiger partial charge is 0.378 e. The third kappa shape index (κ3) is 4.32. The standard InChI is InChI=1S/C8H18FNO/c1-3-5-8(9,6-10)7-11-4-2/h3-7,10H2,1-2H3. The summed E-state index contributed by atoms with van der Waals surface area (Å²) in [6.45, 7) is 4.53. The molecule has 0 aromatic heterocycles. The molecule has 68 valence electrons. The second kappa shape index (κ2) is 5.49. The maximum atomic E-state index is 13.5. The minimum atomic E-state index is -1.30. The second-order valence-corrected chi connectivity index (χ2v) is 2.74. The molecule has 1 unspecified atom stereocenters. The van der Waals surface area contributed by atoms with Gasteiger partial charge in [0.15, 0.2) is 0 Å². The molecule has 2 N–H and O–H groups in total. The number of hydrogen-bond acceptors (Lipinski definition) is 2. The molecule has 0 aliphatic heterocycles. The molecular formula is C8H18FNO. The van der Waals surface area contributed by atoms with Gasteiger partial charge in [0.05, 0.1) is 6.61 Å². The molecule has 3 heteroatoms. The van der Waals surface area contributed by atoms with Crippen molar-refractivity contribution >= 4 is 0 Å². The fourth-order valence-electron chi connectivity index (χ4n) is 0.966. The Morgan fingerprint density at radius 1 is 1.45 bits per heavy atom. The van der Waals surface area contributed by atoms with Gasteiger partial charge in [0.1, 0.15) is 5.67 Å². The number of halogens is 1. The van der Waals surface area contributed by atoms with Gasteiger partial charge in [0.2, 0.25) is 0 Å². The summed E-state index contributed by atoms with van der Waals surface area (Å²) >= 11 is 0. The number of nitrogens with two attached hydrogens (primary N) is 1. The first kappa shape index (κ1) is 10.8. The van der Waals surface area contributed by atoms with Crippen molar-refractivity contribution in [2.75, 3.05) is 19.8 Å². The van der Waals surface area contributed by atoms with Gasteiger partial charge in [-0.3, -0.25) is 0 Å². The topological polar surface area (TPSA) is 35.2 Å². The summed E-state index contributed by atoms with van der Waals surface area (Å²) in [5.41, 5.74) is 3.98. The van der Waals surface area contributed by atoms with Gasteiger partial charge in [-0.1, -0.05) is 13.3 Å². The van der Waals surface area contributed by atoms with Crippen LogP contribution >= 0.6 is 0 Å². The molecule has 0 radical (unpaired) electrons. The third-order valence-electron chi connectivity index (χ3n) is 1.63. The van der Waals surface area contributed by atoms with Gasteiger partial charge in [0, 0.05) is 13.2 Å². The Kier molecular flexibility index (Phi) is 5.42. The summed E-state index contributed by atoms with van der Waals surface area (Å²) in [6.07, 6.45) is 1.30. The quantitative estimate of drug-likeness (QED) is 0.644. The number of alkyl halides is 1. The Morgan fingerprint density at radius 2 is 2.09 bits per heavy atom. The second-order valence-electron chi connectivity index (χ2n) is 2.74. The highest BCUT2D eigenvalue weighted by Gasteiger charge is 2.26. The molecule has 0 spiro atoms. The first-order chi connectivity index (χ1) is 5.18. The van der Waals surface area contributed by atoms with Crippen molar-refractivity contribution in [2.45, 2.75) is 32.4 Å². The molecule has 1 atom stereocenters. The molecule has 0 saturated heterocycles. The molecule has 2 nitrogen and oxygen atoms in total. The van der Waals surface area contributed by atoms with E-state index in [4.69, 9.17) is 10.5 Å². The highest BCUT2D eigenvalue weighted by atomic mass is 19.1. The zero-order valence-corrected chi connectivity index (χ0v) is 7.40. The normalized spacial score (nSPS) is 16.4. The van der Waals surface area contributed by atoms with Crippen molar-refractivity contribution in [1.29, 1.82) is 0 Å². The zero-order valence-electron chi connectivity index (χ0n) is 7.40. The molecule has 0 bridgehead atoms. The summed E-state index contributed by atoms with van der Waals surface area (Å²) in [5.74, 6) is 0. The van der Waals surface area contributed by atoms with Gasteiger partial charge in [-0.2, -0.15) is 0 Å². The van der Waals surface area contributed by atoms with Crippen LogP contribution in [0.5, 0.6) is 0 Å². The molecular weight excluding hydrogens is 145 g/mol. The summed E-state index contributed by atoms with van der Waals surface area (Å²) in [5, 5.41) is 0. The Labute approximate surface area is 67.9 Å². The molecule has 0 fully saturated rings. The van der Waals surface area contributed by atoms with E-state index in [1.807, 2.05) is 13.8 Å². The smallest absolute Gasteiger partial charge is 0.146 e. The van der Waals surface area contributed by atoms with E-state index in [1.165, 1.54) is 0 Å². The zero-order chi connectivity index (χ0) is 8.74. The minimum Gasteiger partial charge on any atom is -0.378 e. The molecule has 0 aromatic rings. The van der Waals surface area contributed by atoms with E-state index in [0.717, 1.165) is 6.42 Å². The van der Waals surface area contributed by atoms with Crippen molar-refractivity contribution in [3.63, 3.8) is 0 Å². The maximum absolute atomic E-state index is 13.5. The van der Waals surface area contributed by atoms with Crippen LogP contribution in [0.3, 0.4) is 0 Å². The average Bonchev–Trinajstić information content (AvgIpc) is 2.02. The van der Waals surface area contributed by atoms with Crippen LogP contribution in [0.25, 0.3) is 0 Å². The van der Waals surface area contributed by atoms with Crippen LogP contribution < -0.4 is 5.73 Å². The van der Waals surface area contributed by atoms with Gasteiger partial charge >= 0.3 is 0 Å². The summed E-state index contributed by atoms with van der Waals surface area (Å²) in [7, 11) is 0. The van der Waals surface area contributed by atoms with E-state index in [-0.39, 0.29) is 13.2 Å². The summed E-state index contributed by atoms with van der Waals surface area (Å²) < 4.78 is 18.4. The van der Waals surface area contributed by atoms with Gasteiger partial charge in [0.25, 0.3) is 0 Å². The lowest BCUT2D eigenvalue weighted by Gasteiger charge is -2.22. The lowest BCUT2D eigenvalue weighted by atomic mass is 10.0. The van der Waals surface area contributed by atoms with Crippen molar-refractivity contribution in [3.8, 4) is 0 Å². The van der Waals surface area contributed by atoms with E-state index in [2.05, 4.69) is 0 Å². The lowest BCUT2D eigenvalue weighted by Crippen LogP contribution is -2.37. The fourth-order valence-corrected chi connectivity index (χ4v) is 0.966. The first-order valence-corrected chi connectivity index (χ1v) is 4.15.